The van der Waals surface area contributed by atoms with Gasteiger partial charge in [-0.3, -0.25) is 4.57 Å². The number of hydrogen-bond donors (Lipinski definition) is 0. The zero-order valence-corrected chi connectivity index (χ0v) is 29.1. The largest absolute Gasteiger partial charge is 0.309 e. The maximum Gasteiger partial charge on any atom is 0.134 e. The quantitative estimate of drug-likeness (QED) is 0.178. The fourth-order valence-electron chi connectivity index (χ4n) is 10.2. The van der Waals surface area contributed by atoms with E-state index in [9.17, 15) is 0 Å². The third kappa shape index (κ3) is 3.33. The molecule has 4 heterocycles. The van der Waals surface area contributed by atoms with Gasteiger partial charge in [0.15, 0.2) is 0 Å². The average molecular weight is 687 g/mol. The molecule has 1 spiro atoms. The molecule has 0 saturated heterocycles. The van der Waals surface area contributed by atoms with E-state index in [0.29, 0.717) is 0 Å². The van der Waals surface area contributed by atoms with E-state index in [1.807, 2.05) is 0 Å². The Kier molecular flexibility index (Phi) is 5.28. The molecule has 54 heavy (non-hydrogen) atoms. The fraction of sp³-hybridized carbons (Fsp3) is 0.0200. The summed E-state index contributed by atoms with van der Waals surface area (Å²) in [7, 11) is 0. The Morgan fingerprint density at radius 2 is 0.815 bits per heavy atom. The lowest BCUT2D eigenvalue weighted by atomic mass is 9.73. The van der Waals surface area contributed by atoms with Gasteiger partial charge in [0.05, 0.1) is 38.8 Å². The Morgan fingerprint density at radius 1 is 0.352 bits per heavy atom. The van der Waals surface area contributed by atoms with E-state index < -0.39 is 5.41 Å². The molecule has 0 saturated carbocycles. The SMILES string of the molecule is c1ccc2c(c1)-c1ccccc1C21c2ccccc2-n2c1nc1cc(-n3c4ccccc4c4cc(-n5c6ccccc6c6ccccc65)ccc43)ccc12. The summed E-state index contributed by atoms with van der Waals surface area (Å²) in [5, 5.41) is 4.99. The number of para-hydroxylation sites is 4. The van der Waals surface area contributed by atoms with Gasteiger partial charge < -0.3 is 9.13 Å². The van der Waals surface area contributed by atoms with Gasteiger partial charge in [0.1, 0.15) is 11.2 Å². The number of nitrogens with zero attached hydrogens (tertiary/aromatic N) is 4. The minimum Gasteiger partial charge on any atom is -0.309 e. The molecule has 0 N–H and O–H groups in total. The van der Waals surface area contributed by atoms with Crippen LogP contribution >= 0.6 is 0 Å². The zero-order chi connectivity index (χ0) is 35.1. The normalized spacial score (nSPS) is 13.7. The predicted octanol–water partition coefficient (Wildman–Crippen LogP) is 11.9. The van der Waals surface area contributed by atoms with Gasteiger partial charge in [-0.2, -0.15) is 0 Å². The minimum absolute atomic E-state index is 0.487. The first-order valence-electron chi connectivity index (χ1n) is 18.6. The van der Waals surface area contributed by atoms with E-state index >= 15 is 0 Å². The number of rotatable bonds is 2. The Balaban J connectivity index is 1.05. The first kappa shape index (κ1) is 28.4. The van der Waals surface area contributed by atoms with Gasteiger partial charge >= 0.3 is 0 Å². The number of fused-ring (bicyclic) bond motifs is 18. The molecule has 1 aliphatic carbocycles. The Morgan fingerprint density at radius 3 is 1.44 bits per heavy atom. The zero-order valence-electron chi connectivity index (χ0n) is 29.1. The van der Waals surface area contributed by atoms with E-state index in [1.165, 1.54) is 77.1 Å². The second-order valence-electron chi connectivity index (χ2n) is 14.7. The Bertz CT molecular complexity index is 3310. The van der Waals surface area contributed by atoms with E-state index in [-0.39, 0.29) is 0 Å². The van der Waals surface area contributed by atoms with Crippen molar-refractivity contribution < 1.29 is 0 Å². The van der Waals surface area contributed by atoms with Crippen molar-refractivity contribution in [2.75, 3.05) is 0 Å². The molecule has 4 nitrogen and oxygen atoms in total. The van der Waals surface area contributed by atoms with Crippen molar-refractivity contribution in [3.63, 3.8) is 0 Å². The number of benzene rings is 8. The molecule has 0 fully saturated rings. The van der Waals surface area contributed by atoms with Crippen LogP contribution in [0, 0.1) is 0 Å². The molecule has 8 aromatic carbocycles. The summed E-state index contributed by atoms with van der Waals surface area (Å²) in [6.45, 7) is 0. The third-order valence-electron chi connectivity index (χ3n) is 12.2. The highest BCUT2D eigenvalue weighted by molar-refractivity contribution is 6.12. The highest BCUT2D eigenvalue weighted by Crippen LogP contribution is 2.60. The summed E-state index contributed by atoms with van der Waals surface area (Å²) in [6, 6.07) is 66.7. The maximum atomic E-state index is 5.62. The molecule has 0 atom stereocenters. The highest BCUT2D eigenvalue weighted by Gasteiger charge is 2.54. The van der Waals surface area contributed by atoms with Crippen LogP contribution in [0.15, 0.2) is 182 Å². The summed E-state index contributed by atoms with van der Waals surface area (Å²) < 4.78 is 7.23. The lowest BCUT2D eigenvalue weighted by molar-refractivity contribution is 0.738. The summed E-state index contributed by atoms with van der Waals surface area (Å²) in [4.78, 5) is 5.62. The molecule has 4 heteroatoms. The molecule has 250 valence electrons. The molecule has 11 aromatic rings. The Hall–Kier alpha value is -7.17. The maximum absolute atomic E-state index is 5.62. The van der Waals surface area contributed by atoms with Crippen molar-refractivity contribution in [2.45, 2.75) is 5.41 Å². The van der Waals surface area contributed by atoms with E-state index in [0.717, 1.165) is 28.2 Å². The molecule has 3 aromatic heterocycles. The van der Waals surface area contributed by atoms with E-state index in [2.05, 4.69) is 196 Å². The predicted molar refractivity (Wildman–Crippen MR) is 221 cm³/mol. The van der Waals surface area contributed by atoms with Crippen molar-refractivity contribution in [1.29, 1.82) is 0 Å². The van der Waals surface area contributed by atoms with Crippen LogP contribution in [0.4, 0.5) is 0 Å². The van der Waals surface area contributed by atoms with Crippen molar-refractivity contribution >= 4 is 54.6 Å². The lowest BCUT2D eigenvalue weighted by Crippen LogP contribution is -2.27. The van der Waals surface area contributed by atoms with E-state index in [1.54, 1.807) is 0 Å². The van der Waals surface area contributed by atoms with Crippen molar-refractivity contribution in [3.8, 4) is 28.2 Å². The number of hydrogen-bond acceptors (Lipinski definition) is 1. The van der Waals surface area contributed by atoms with Crippen LogP contribution in [0.3, 0.4) is 0 Å². The van der Waals surface area contributed by atoms with Crippen LogP contribution in [-0.4, -0.2) is 18.7 Å². The van der Waals surface area contributed by atoms with Gasteiger partial charge in [-0.1, -0.05) is 121 Å². The summed E-state index contributed by atoms with van der Waals surface area (Å²) in [5.74, 6) is 1.06. The average Bonchev–Trinajstić information content (AvgIpc) is 4.01. The van der Waals surface area contributed by atoms with Gasteiger partial charge in [0.25, 0.3) is 0 Å². The molecule has 0 amide bonds. The van der Waals surface area contributed by atoms with Gasteiger partial charge in [0, 0.05) is 32.9 Å². The van der Waals surface area contributed by atoms with Crippen molar-refractivity contribution in [1.82, 2.24) is 18.7 Å². The molecule has 1 aliphatic heterocycles. The summed E-state index contributed by atoms with van der Waals surface area (Å²) >= 11 is 0. The molecular formula is C50H30N4. The van der Waals surface area contributed by atoms with Gasteiger partial charge in [-0.15, -0.1) is 0 Å². The van der Waals surface area contributed by atoms with Crippen LogP contribution in [0.5, 0.6) is 0 Å². The van der Waals surface area contributed by atoms with Gasteiger partial charge in [-0.05, 0) is 88.5 Å². The topological polar surface area (TPSA) is 27.7 Å². The third-order valence-corrected chi connectivity index (χ3v) is 12.2. The summed E-state index contributed by atoms with van der Waals surface area (Å²) in [6.07, 6.45) is 0. The monoisotopic (exact) mass is 686 g/mol. The van der Waals surface area contributed by atoms with E-state index in [4.69, 9.17) is 4.98 Å². The van der Waals surface area contributed by atoms with Crippen LogP contribution in [0.1, 0.15) is 22.5 Å². The van der Waals surface area contributed by atoms with Crippen LogP contribution in [0.2, 0.25) is 0 Å². The van der Waals surface area contributed by atoms with Gasteiger partial charge in [0.2, 0.25) is 0 Å². The standard InChI is InChI=1S/C50H30N4/c1-6-18-39-33(13-1)34-14-2-7-19-40(34)50(39)41-20-8-12-24-47(41)54-48-28-26-32(30-42(48)51-49(50)54)53-45-23-11-5-17-37(45)38-29-31(25-27-46(38)53)52-43-21-9-3-15-35(43)36-16-4-10-22-44(36)52/h1-30H. The minimum atomic E-state index is -0.487. The van der Waals surface area contributed by atoms with Crippen molar-refractivity contribution in [2.24, 2.45) is 0 Å². The molecule has 0 unspecified atom stereocenters. The molecule has 0 radical (unpaired) electrons. The summed E-state index contributed by atoms with van der Waals surface area (Å²) in [5.41, 5.74) is 16.3. The highest BCUT2D eigenvalue weighted by atomic mass is 15.1. The fourth-order valence-corrected chi connectivity index (χ4v) is 10.2. The van der Waals surface area contributed by atoms with Crippen molar-refractivity contribution in [3.05, 3.63) is 205 Å². The molecule has 13 rings (SSSR count). The van der Waals surface area contributed by atoms with Crippen LogP contribution in [0.25, 0.3) is 82.8 Å². The first-order chi connectivity index (χ1) is 26.8. The second-order valence-corrected chi connectivity index (χ2v) is 14.7. The lowest BCUT2D eigenvalue weighted by Gasteiger charge is -2.27. The molecule has 0 bridgehead atoms. The molecular weight excluding hydrogens is 657 g/mol. The van der Waals surface area contributed by atoms with Crippen LogP contribution < -0.4 is 0 Å². The van der Waals surface area contributed by atoms with Gasteiger partial charge in [-0.25, -0.2) is 4.98 Å². The smallest absolute Gasteiger partial charge is 0.134 e. The van der Waals surface area contributed by atoms with Crippen LogP contribution in [-0.2, 0) is 5.41 Å². The molecule has 2 aliphatic rings. The number of aromatic nitrogens is 4. The second kappa shape index (κ2) is 10.0. The number of imidazole rings is 1. The first-order valence-corrected chi connectivity index (χ1v) is 18.6. The Labute approximate surface area is 310 Å².